The van der Waals surface area contributed by atoms with E-state index in [1.807, 2.05) is 30.3 Å². The van der Waals surface area contributed by atoms with Crippen LogP contribution in [-0.4, -0.2) is 29.4 Å². The zero-order valence-electron chi connectivity index (χ0n) is 12.7. The molecule has 1 aliphatic rings. The molecule has 0 aliphatic heterocycles. The fourth-order valence-corrected chi connectivity index (χ4v) is 2.25. The van der Waals surface area contributed by atoms with Gasteiger partial charge in [0.25, 0.3) is 0 Å². The van der Waals surface area contributed by atoms with Crippen LogP contribution in [0.5, 0.6) is 0 Å². The van der Waals surface area contributed by atoms with E-state index in [4.69, 9.17) is 9.84 Å². The van der Waals surface area contributed by atoms with Crippen molar-refractivity contribution >= 4 is 17.7 Å². The van der Waals surface area contributed by atoms with Gasteiger partial charge in [-0.3, -0.25) is 9.59 Å². The summed E-state index contributed by atoms with van der Waals surface area (Å²) in [6.07, 6.45) is 1.43. The van der Waals surface area contributed by atoms with Gasteiger partial charge < -0.3 is 9.84 Å². The lowest BCUT2D eigenvalue weighted by molar-refractivity contribution is -0.151. The van der Waals surface area contributed by atoms with Crippen molar-refractivity contribution in [3.8, 4) is 11.8 Å². The lowest BCUT2D eigenvalue weighted by Crippen LogP contribution is -2.34. The zero-order chi connectivity index (χ0) is 16.9. The summed E-state index contributed by atoms with van der Waals surface area (Å²) < 4.78 is 5.11. The first-order valence-corrected chi connectivity index (χ1v) is 7.13. The van der Waals surface area contributed by atoms with Gasteiger partial charge >= 0.3 is 11.9 Å². The van der Waals surface area contributed by atoms with Crippen molar-refractivity contribution in [2.45, 2.75) is 19.8 Å². The number of carboxylic acids is 1. The molecule has 0 radical (unpaired) electrons. The molecule has 2 rings (SSSR count). The monoisotopic (exact) mass is 312 g/mol. The normalized spacial score (nSPS) is 20.0. The molecule has 0 saturated heterocycles. The lowest BCUT2D eigenvalue weighted by Gasteiger charge is -2.27. The topological polar surface area (TPSA) is 80.7 Å². The Morgan fingerprint density at radius 3 is 2.65 bits per heavy atom. The molecule has 118 valence electrons. The Labute approximate surface area is 134 Å². The van der Waals surface area contributed by atoms with Gasteiger partial charge in [-0.25, -0.2) is 4.79 Å². The van der Waals surface area contributed by atoms with Crippen LogP contribution in [0.1, 0.15) is 25.3 Å². The molecule has 1 aromatic carbocycles. The van der Waals surface area contributed by atoms with Crippen molar-refractivity contribution in [3.05, 3.63) is 47.5 Å². The molecule has 1 aliphatic carbocycles. The van der Waals surface area contributed by atoms with E-state index in [0.29, 0.717) is 0 Å². The van der Waals surface area contributed by atoms with E-state index in [2.05, 4.69) is 11.8 Å². The number of carbonyl (C=O) groups excluding carboxylic acids is 2. The van der Waals surface area contributed by atoms with Crippen LogP contribution in [0.4, 0.5) is 0 Å². The lowest BCUT2D eigenvalue weighted by atomic mass is 9.77. The maximum absolute atomic E-state index is 12.2. The maximum atomic E-state index is 12.2. The van der Waals surface area contributed by atoms with Crippen LogP contribution < -0.4 is 0 Å². The Morgan fingerprint density at radius 2 is 2.00 bits per heavy atom. The third-order valence-corrected chi connectivity index (χ3v) is 3.61. The van der Waals surface area contributed by atoms with Gasteiger partial charge in [0.2, 0.25) is 0 Å². The predicted molar refractivity (Wildman–Crippen MR) is 82.3 cm³/mol. The van der Waals surface area contributed by atoms with Crippen molar-refractivity contribution in [2.24, 2.45) is 5.41 Å². The molecule has 0 spiro atoms. The molecule has 23 heavy (non-hydrogen) atoms. The van der Waals surface area contributed by atoms with E-state index in [-0.39, 0.29) is 25.0 Å². The molecule has 1 unspecified atom stereocenters. The molecular weight excluding hydrogens is 296 g/mol. The molecular formula is C18H16O5. The highest BCUT2D eigenvalue weighted by atomic mass is 16.5. The number of rotatable bonds is 3. The van der Waals surface area contributed by atoms with Crippen LogP contribution in [0.15, 0.2) is 42.0 Å². The molecule has 1 atom stereocenters. The molecule has 5 heteroatoms. The number of aliphatic carboxylic acids is 1. The SMILES string of the molecule is CC1(C(=O)OCC#Cc2ccccc2)C=C(C(=O)O)C(=O)CC1. The number of carboxylic acid groups (broad SMARTS) is 1. The second kappa shape index (κ2) is 6.93. The highest BCUT2D eigenvalue weighted by Gasteiger charge is 2.39. The molecule has 0 fully saturated rings. The maximum Gasteiger partial charge on any atom is 0.339 e. The summed E-state index contributed by atoms with van der Waals surface area (Å²) in [4.78, 5) is 34.7. The first-order chi connectivity index (χ1) is 10.9. The van der Waals surface area contributed by atoms with Gasteiger partial charge in [-0.2, -0.15) is 0 Å². The average Bonchev–Trinajstić information content (AvgIpc) is 2.54. The third kappa shape index (κ3) is 4.07. The minimum absolute atomic E-state index is 0.0133. The summed E-state index contributed by atoms with van der Waals surface area (Å²) in [6, 6.07) is 9.26. The Hall–Kier alpha value is -2.87. The Bertz CT molecular complexity index is 721. The molecule has 5 nitrogen and oxygen atoms in total. The summed E-state index contributed by atoms with van der Waals surface area (Å²) in [6.45, 7) is 1.48. The van der Waals surface area contributed by atoms with Gasteiger partial charge in [0.15, 0.2) is 12.4 Å². The van der Waals surface area contributed by atoms with E-state index in [1.54, 1.807) is 6.92 Å². The Balaban J connectivity index is 2.02. The molecule has 0 bridgehead atoms. The van der Waals surface area contributed by atoms with Crippen LogP contribution in [-0.2, 0) is 19.1 Å². The number of Topliss-reactive ketones (excluding diaryl/α,β-unsaturated/α-hetero) is 1. The van der Waals surface area contributed by atoms with Crippen LogP contribution in [0.3, 0.4) is 0 Å². The summed E-state index contributed by atoms with van der Waals surface area (Å²) >= 11 is 0. The summed E-state index contributed by atoms with van der Waals surface area (Å²) in [7, 11) is 0. The van der Waals surface area contributed by atoms with Crippen molar-refractivity contribution in [1.29, 1.82) is 0 Å². The molecule has 1 aromatic rings. The van der Waals surface area contributed by atoms with E-state index in [0.717, 1.165) is 5.56 Å². The quantitative estimate of drug-likeness (QED) is 0.524. The van der Waals surface area contributed by atoms with Crippen molar-refractivity contribution in [3.63, 3.8) is 0 Å². The molecule has 0 heterocycles. The van der Waals surface area contributed by atoms with Gasteiger partial charge in [0, 0.05) is 12.0 Å². The molecule has 0 saturated carbocycles. The van der Waals surface area contributed by atoms with E-state index in [1.165, 1.54) is 6.08 Å². The van der Waals surface area contributed by atoms with Crippen molar-refractivity contribution < 1.29 is 24.2 Å². The van der Waals surface area contributed by atoms with Crippen molar-refractivity contribution in [1.82, 2.24) is 0 Å². The smallest absolute Gasteiger partial charge is 0.339 e. The van der Waals surface area contributed by atoms with Gasteiger partial charge in [0.1, 0.15) is 0 Å². The first-order valence-electron chi connectivity index (χ1n) is 7.13. The highest BCUT2D eigenvalue weighted by molar-refractivity contribution is 6.17. The predicted octanol–water partition coefficient (Wildman–Crippen LogP) is 1.96. The van der Waals surface area contributed by atoms with Gasteiger partial charge in [-0.15, -0.1) is 0 Å². The third-order valence-electron chi connectivity index (χ3n) is 3.61. The summed E-state index contributed by atoms with van der Waals surface area (Å²) in [5.41, 5.74) is -0.659. The Kier molecular flexibility index (Phi) is 4.97. The number of benzene rings is 1. The van der Waals surface area contributed by atoms with Crippen molar-refractivity contribution in [2.75, 3.05) is 6.61 Å². The summed E-state index contributed by atoms with van der Waals surface area (Å²) in [5.74, 6) is 3.23. The number of carbonyl (C=O) groups is 3. The minimum Gasteiger partial charge on any atom is -0.478 e. The second-order valence-electron chi connectivity index (χ2n) is 5.45. The van der Waals surface area contributed by atoms with Crippen LogP contribution in [0.2, 0.25) is 0 Å². The zero-order valence-corrected chi connectivity index (χ0v) is 12.7. The minimum atomic E-state index is -1.32. The highest BCUT2D eigenvalue weighted by Crippen LogP contribution is 2.33. The number of hydrogen-bond donors (Lipinski definition) is 1. The van der Waals surface area contributed by atoms with E-state index >= 15 is 0 Å². The molecule has 0 amide bonds. The average molecular weight is 312 g/mol. The standard InChI is InChI=1S/C18H16O5/c1-18(10-9-15(19)14(12-18)16(20)21)17(22)23-11-5-8-13-6-3-2-4-7-13/h2-4,6-7,12H,9-11H2,1H3,(H,20,21). The summed E-state index contributed by atoms with van der Waals surface area (Å²) in [5, 5.41) is 9.00. The number of ether oxygens (including phenoxy) is 1. The first kappa shape index (κ1) is 16.5. The van der Waals surface area contributed by atoms with E-state index < -0.39 is 23.1 Å². The molecule has 0 aromatic heterocycles. The van der Waals surface area contributed by atoms with Gasteiger partial charge in [-0.05, 0) is 31.6 Å². The van der Waals surface area contributed by atoms with Gasteiger partial charge in [-0.1, -0.05) is 30.0 Å². The number of hydrogen-bond acceptors (Lipinski definition) is 4. The van der Waals surface area contributed by atoms with Crippen LogP contribution in [0, 0.1) is 17.3 Å². The van der Waals surface area contributed by atoms with Crippen LogP contribution in [0.25, 0.3) is 0 Å². The molecule has 1 N–H and O–H groups in total. The Morgan fingerprint density at radius 1 is 1.30 bits per heavy atom. The number of ketones is 1. The number of esters is 1. The largest absolute Gasteiger partial charge is 0.478 e. The fourth-order valence-electron chi connectivity index (χ4n) is 2.25. The van der Waals surface area contributed by atoms with E-state index in [9.17, 15) is 14.4 Å². The second-order valence-corrected chi connectivity index (χ2v) is 5.45. The van der Waals surface area contributed by atoms with Crippen LogP contribution >= 0.6 is 0 Å². The fraction of sp³-hybridized carbons (Fsp3) is 0.278. The van der Waals surface area contributed by atoms with Gasteiger partial charge in [0.05, 0.1) is 11.0 Å².